The topological polar surface area (TPSA) is 52.6 Å². The van der Waals surface area contributed by atoms with Crippen LogP contribution >= 0.6 is 22.6 Å². The average molecular weight is 360 g/mol. The number of rotatable bonds is 4. The lowest BCUT2D eigenvalue weighted by Crippen LogP contribution is -2.41. The fraction of sp³-hybridized carbons (Fsp3) is 0.462. The van der Waals surface area contributed by atoms with Gasteiger partial charge >= 0.3 is 5.97 Å². The molecule has 5 heteroatoms. The maximum absolute atomic E-state index is 11.2. The van der Waals surface area contributed by atoms with Gasteiger partial charge < -0.3 is 5.11 Å². The summed E-state index contributed by atoms with van der Waals surface area (Å²) in [4.78, 5) is 11.2. The number of piperidine rings is 1. The average Bonchev–Trinajstić information content (AvgIpc) is 2.38. The fourth-order valence-electron chi connectivity index (χ4n) is 2.15. The van der Waals surface area contributed by atoms with E-state index in [9.17, 15) is 9.90 Å². The van der Waals surface area contributed by atoms with E-state index in [-0.39, 0.29) is 0 Å². The van der Waals surface area contributed by atoms with Crippen molar-refractivity contribution in [3.63, 3.8) is 0 Å². The van der Waals surface area contributed by atoms with E-state index in [0.29, 0.717) is 12.1 Å². The number of halogens is 1. The van der Waals surface area contributed by atoms with Crippen molar-refractivity contribution in [3.05, 3.63) is 32.9 Å². The number of aromatic carboxylic acids is 1. The molecule has 1 saturated heterocycles. The van der Waals surface area contributed by atoms with Gasteiger partial charge in [-0.15, -0.1) is 0 Å². The SMILES string of the molecule is O=C(O)c1cc(I)ccc1CNN1CCCCC1. The molecule has 0 spiro atoms. The molecule has 98 valence electrons. The Kier molecular flexibility index (Phi) is 4.96. The standard InChI is InChI=1S/C13H17IN2O2/c14-11-5-4-10(12(8-11)13(17)18)9-15-16-6-2-1-3-7-16/h4-5,8,15H,1-3,6-7,9H2,(H,17,18). The number of hydrogen-bond acceptors (Lipinski definition) is 3. The molecule has 1 aliphatic heterocycles. The Morgan fingerprint density at radius 1 is 1.33 bits per heavy atom. The van der Waals surface area contributed by atoms with Crippen LogP contribution in [0.2, 0.25) is 0 Å². The predicted molar refractivity (Wildman–Crippen MR) is 78.4 cm³/mol. The third kappa shape index (κ3) is 3.66. The van der Waals surface area contributed by atoms with E-state index in [1.807, 2.05) is 12.1 Å². The van der Waals surface area contributed by atoms with Gasteiger partial charge in [0.05, 0.1) is 5.56 Å². The smallest absolute Gasteiger partial charge is 0.336 e. The lowest BCUT2D eigenvalue weighted by molar-refractivity contribution is 0.0694. The summed E-state index contributed by atoms with van der Waals surface area (Å²) in [6, 6.07) is 5.55. The van der Waals surface area contributed by atoms with Gasteiger partial charge in [-0.2, -0.15) is 0 Å². The zero-order chi connectivity index (χ0) is 13.0. The fourth-order valence-corrected chi connectivity index (χ4v) is 2.64. The number of carboxylic acids is 1. The second kappa shape index (κ2) is 6.49. The van der Waals surface area contributed by atoms with E-state index in [2.05, 4.69) is 33.0 Å². The van der Waals surface area contributed by atoms with Crippen molar-refractivity contribution >= 4 is 28.6 Å². The number of hydrazine groups is 1. The van der Waals surface area contributed by atoms with Gasteiger partial charge in [0.2, 0.25) is 0 Å². The normalized spacial score (nSPS) is 16.7. The van der Waals surface area contributed by atoms with Gasteiger partial charge in [-0.25, -0.2) is 9.80 Å². The second-order valence-electron chi connectivity index (χ2n) is 4.49. The van der Waals surface area contributed by atoms with E-state index < -0.39 is 5.97 Å². The Morgan fingerprint density at radius 3 is 2.72 bits per heavy atom. The number of carbonyl (C=O) groups is 1. The van der Waals surface area contributed by atoms with Gasteiger partial charge in [-0.3, -0.25) is 5.43 Å². The number of nitrogens with zero attached hydrogens (tertiary/aromatic N) is 1. The number of benzene rings is 1. The molecule has 1 heterocycles. The van der Waals surface area contributed by atoms with Gasteiger partial charge in [0.1, 0.15) is 0 Å². The zero-order valence-electron chi connectivity index (χ0n) is 10.2. The van der Waals surface area contributed by atoms with Crippen molar-refractivity contribution in [1.82, 2.24) is 10.4 Å². The van der Waals surface area contributed by atoms with Crippen LogP contribution in [0.25, 0.3) is 0 Å². The van der Waals surface area contributed by atoms with Crippen LogP contribution in [0.3, 0.4) is 0 Å². The van der Waals surface area contributed by atoms with Crippen LogP contribution < -0.4 is 5.43 Å². The number of hydrogen-bond donors (Lipinski definition) is 2. The first kappa shape index (κ1) is 13.8. The van der Waals surface area contributed by atoms with E-state index in [1.165, 1.54) is 19.3 Å². The molecule has 1 aromatic rings. The van der Waals surface area contributed by atoms with Gasteiger partial charge in [0, 0.05) is 23.2 Å². The first-order valence-corrected chi connectivity index (χ1v) is 7.25. The van der Waals surface area contributed by atoms with Crippen LogP contribution in [0.1, 0.15) is 35.2 Å². The Labute approximate surface area is 120 Å². The molecule has 1 aliphatic rings. The van der Waals surface area contributed by atoms with E-state index in [1.54, 1.807) is 6.07 Å². The summed E-state index contributed by atoms with van der Waals surface area (Å²) in [5.41, 5.74) is 4.56. The molecular weight excluding hydrogens is 343 g/mol. The summed E-state index contributed by atoms with van der Waals surface area (Å²) in [6.07, 6.45) is 3.72. The van der Waals surface area contributed by atoms with Crippen molar-refractivity contribution in [2.45, 2.75) is 25.8 Å². The maximum atomic E-state index is 11.2. The molecule has 0 amide bonds. The highest BCUT2D eigenvalue weighted by molar-refractivity contribution is 14.1. The van der Waals surface area contributed by atoms with E-state index in [0.717, 1.165) is 22.2 Å². The predicted octanol–water partition coefficient (Wildman–Crippen LogP) is 2.48. The summed E-state index contributed by atoms with van der Waals surface area (Å²) in [6.45, 7) is 2.68. The first-order valence-electron chi connectivity index (χ1n) is 6.17. The molecule has 18 heavy (non-hydrogen) atoms. The number of carboxylic acid groups (broad SMARTS) is 1. The largest absolute Gasteiger partial charge is 0.478 e. The van der Waals surface area contributed by atoms with Crippen LogP contribution in [0.15, 0.2) is 18.2 Å². The Balaban J connectivity index is 2.01. The zero-order valence-corrected chi connectivity index (χ0v) is 12.3. The Morgan fingerprint density at radius 2 is 2.06 bits per heavy atom. The van der Waals surface area contributed by atoms with Crippen molar-refractivity contribution < 1.29 is 9.90 Å². The Hall–Kier alpha value is -0.660. The lowest BCUT2D eigenvalue weighted by atomic mass is 10.1. The minimum Gasteiger partial charge on any atom is -0.478 e. The molecule has 0 saturated carbocycles. The molecular formula is C13H17IN2O2. The lowest BCUT2D eigenvalue weighted by Gasteiger charge is -2.27. The highest BCUT2D eigenvalue weighted by Crippen LogP contribution is 2.15. The minimum atomic E-state index is -0.857. The van der Waals surface area contributed by atoms with Crippen molar-refractivity contribution in [2.24, 2.45) is 0 Å². The van der Waals surface area contributed by atoms with Crippen molar-refractivity contribution in [1.29, 1.82) is 0 Å². The van der Waals surface area contributed by atoms with Crippen LogP contribution in [0.5, 0.6) is 0 Å². The summed E-state index contributed by atoms with van der Waals surface area (Å²) in [5, 5.41) is 11.4. The summed E-state index contributed by atoms with van der Waals surface area (Å²) in [5.74, 6) is -0.857. The summed E-state index contributed by atoms with van der Waals surface area (Å²) < 4.78 is 0.951. The highest BCUT2D eigenvalue weighted by atomic mass is 127. The van der Waals surface area contributed by atoms with Gasteiger partial charge in [0.15, 0.2) is 0 Å². The van der Waals surface area contributed by atoms with E-state index >= 15 is 0 Å². The van der Waals surface area contributed by atoms with Crippen molar-refractivity contribution in [2.75, 3.05) is 13.1 Å². The third-order valence-electron chi connectivity index (χ3n) is 3.15. The monoisotopic (exact) mass is 360 g/mol. The van der Waals surface area contributed by atoms with Gasteiger partial charge in [0.25, 0.3) is 0 Å². The van der Waals surface area contributed by atoms with Crippen LogP contribution in [-0.2, 0) is 6.54 Å². The van der Waals surface area contributed by atoms with Crippen molar-refractivity contribution in [3.8, 4) is 0 Å². The number of nitrogens with one attached hydrogen (secondary N) is 1. The summed E-state index contributed by atoms with van der Waals surface area (Å²) >= 11 is 2.13. The molecule has 2 N–H and O–H groups in total. The molecule has 1 aromatic carbocycles. The Bertz CT molecular complexity index is 431. The van der Waals surface area contributed by atoms with E-state index in [4.69, 9.17) is 0 Å². The molecule has 0 aromatic heterocycles. The van der Waals surface area contributed by atoms with Crippen LogP contribution in [0.4, 0.5) is 0 Å². The first-order chi connectivity index (χ1) is 8.66. The molecule has 0 radical (unpaired) electrons. The maximum Gasteiger partial charge on any atom is 0.336 e. The van der Waals surface area contributed by atoms with Gasteiger partial charge in [-0.1, -0.05) is 12.5 Å². The van der Waals surface area contributed by atoms with Crippen LogP contribution in [0, 0.1) is 3.57 Å². The molecule has 0 unspecified atom stereocenters. The molecule has 0 atom stereocenters. The second-order valence-corrected chi connectivity index (χ2v) is 5.73. The third-order valence-corrected chi connectivity index (χ3v) is 3.82. The highest BCUT2D eigenvalue weighted by Gasteiger charge is 2.13. The summed E-state index contributed by atoms with van der Waals surface area (Å²) in [7, 11) is 0. The quantitative estimate of drug-likeness (QED) is 0.811. The van der Waals surface area contributed by atoms with Gasteiger partial charge in [-0.05, 0) is 53.1 Å². The molecule has 4 nitrogen and oxygen atoms in total. The molecule has 2 rings (SSSR count). The molecule has 0 bridgehead atoms. The molecule has 0 aliphatic carbocycles. The van der Waals surface area contributed by atoms with Crippen LogP contribution in [-0.4, -0.2) is 29.2 Å². The molecule has 1 fully saturated rings. The minimum absolute atomic E-state index is 0.395.